The zero-order valence-corrected chi connectivity index (χ0v) is 18.7. The van der Waals surface area contributed by atoms with Gasteiger partial charge in [0.05, 0.1) is 18.9 Å². The highest BCUT2D eigenvalue weighted by atomic mass is 16.5. The standard InChI is InChI=1S/C23H35N7O/c1-27-10-12-30(13-11-27)23-25-7-5-22(26-23)20-29(19-21-4-2-6-24-18-21)9-3-8-28-14-16-31-17-15-28/h2,4-7,18H,3,8-17,19-20H2,1H3. The maximum atomic E-state index is 5.47. The van der Waals surface area contributed by atoms with Gasteiger partial charge in [0.1, 0.15) is 0 Å². The number of piperazine rings is 1. The first-order valence-corrected chi connectivity index (χ1v) is 11.4. The van der Waals surface area contributed by atoms with Gasteiger partial charge < -0.3 is 14.5 Å². The predicted molar refractivity (Wildman–Crippen MR) is 122 cm³/mol. The van der Waals surface area contributed by atoms with Crippen LogP contribution >= 0.6 is 0 Å². The van der Waals surface area contributed by atoms with E-state index in [1.807, 2.05) is 24.7 Å². The molecular formula is C23H35N7O. The van der Waals surface area contributed by atoms with Crippen LogP contribution in [0.25, 0.3) is 0 Å². The number of nitrogens with zero attached hydrogens (tertiary/aromatic N) is 7. The molecule has 0 unspecified atom stereocenters. The van der Waals surface area contributed by atoms with Gasteiger partial charge in [-0.25, -0.2) is 9.97 Å². The van der Waals surface area contributed by atoms with Crippen molar-refractivity contribution in [2.45, 2.75) is 19.5 Å². The average Bonchev–Trinajstić information content (AvgIpc) is 2.81. The van der Waals surface area contributed by atoms with Gasteiger partial charge in [0.2, 0.25) is 5.95 Å². The van der Waals surface area contributed by atoms with Crippen LogP contribution in [0.3, 0.4) is 0 Å². The number of anilines is 1. The Morgan fingerprint density at radius 3 is 2.61 bits per heavy atom. The lowest BCUT2D eigenvalue weighted by Crippen LogP contribution is -2.45. The van der Waals surface area contributed by atoms with Crippen molar-refractivity contribution < 1.29 is 4.74 Å². The molecule has 2 aromatic rings. The summed E-state index contributed by atoms with van der Waals surface area (Å²) >= 11 is 0. The maximum Gasteiger partial charge on any atom is 0.225 e. The highest BCUT2D eigenvalue weighted by molar-refractivity contribution is 5.31. The molecule has 8 heteroatoms. The summed E-state index contributed by atoms with van der Waals surface area (Å²) in [6, 6.07) is 6.22. The lowest BCUT2D eigenvalue weighted by Gasteiger charge is -2.32. The van der Waals surface area contributed by atoms with Crippen LogP contribution in [0.1, 0.15) is 17.7 Å². The number of ether oxygens (including phenoxy) is 1. The normalized spacial score (nSPS) is 18.6. The van der Waals surface area contributed by atoms with E-state index in [9.17, 15) is 0 Å². The zero-order chi connectivity index (χ0) is 21.3. The third kappa shape index (κ3) is 6.93. The Morgan fingerprint density at radius 1 is 1.00 bits per heavy atom. The number of morpholine rings is 1. The third-order valence-corrected chi connectivity index (χ3v) is 6.05. The Labute approximate surface area is 185 Å². The van der Waals surface area contributed by atoms with Gasteiger partial charge in [0, 0.05) is 77.5 Å². The molecule has 2 aromatic heterocycles. The third-order valence-electron chi connectivity index (χ3n) is 6.05. The first kappa shape index (κ1) is 22.1. The van der Waals surface area contributed by atoms with E-state index in [2.05, 4.69) is 48.7 Å². The lowest BCUT2D eigenvalue weighted by molar-refractivity contribution is 0.0358. The molecule has 0 N–H and O–H groups in total. The molecule has 2 aliphatic rings. The summed E-state index contributed by atoms with van der Waals surface area (Å²) in [6.45, 7) is 11.7. The summed E-state index contributed by atoms with van der Waals surface area (Å²) in [4.78, 5) is 23.4. The van der Waals surface area contributed by atoms with Crippen molar-refractivity contribution in [2.24, 2.45) is 0 Å². The molecule has 0 spiro atoms. The van der Waals surface area contributed by atoms with Gasteiger partial charge in [-0.3, -0.25) is 14.8 Å². The van der Waals surface area contributed by atoms with E-state index >= 15 is 0 Å². The number of aromatic nitrogens is 3. The molecule has 0 amide bonds. The number of likely N-dealkylation sites (N-methyl/N-ethyl adjacent to an activating group) is 1. The van der Waals surface area contributed by atoms with Gasteiger partial charge in [-0.1, -0.05) is 6.07 Å². The molecule has 8 nitrogen and oxygen atoms in total. The highest BCUT2D eigenvalue weighted by Gasteiger charge is 2.18. The van der Waals surface area contributed by atoms with E-state index in [4.69, 9.17) is 9.72 Å². The molecule has 4 rings (SSSR count). The predicted octanol–water partition coefficient (Wildman–Crippen LogP) is 1.35. The molecule has 2 saturated heterocycles. The largest absolute Gasteiger partial charge is 0.379 e. The highest BCUT2D eigenvalue weighted by Crippen LogP contribution is 2.14. The van der Waals surface area contributed by atoms with E-state index in [0.717, 1.165) is 96.7 Å². The van der Waals surface area contributed by atoms with Crippen molar-refractivity contribution in [1.82, 2.24) is 29.7 Å². The number of pyridine rings is 1. The van der Waals surface area contributed by atoms with Crippen LogP contribution in [0.5, 0.6) is 0 Å². The first-order valence-electron chi connectivity index (χ1n) is 11.4. The summed E-state index contributed by atoms with van der Waals surface area (Å²) < 4.78 is 5.47. The van der Waals surface area contributed by atoms with Gasteiger partial charge in [-0.05, 0) is 37.7 Å². The fourth-order valence-corrected chi connectivity index (χ4v) is 4.17. The summed E-state index contributed by atoms with van der Waals surface area (Å²) in [6.07, 6.45) is 6.84. The SMILES string of the molecule is CN1CCN(c2nccc(CN(CCCN3CCOCC3)Cc3cccnc3)n2)CC1. The molecule has 0 aliphatic carbocycles. The van der Waals surface area contributed by atoms with Crippen molar-refractivity contribution >= 4 is 5.95 Å². The van der Waals surface area contributed by atoms with Crippen molar-refractivity contribution in [3.8, 4) is 0 Å². The number of hydrogen-bond acceptors (Lipinski definition) is 8. The van der Waals surface area contributed by atoms with E-state index < -0.39 is 0 Å². The van der Waals surface area contributed by atoms with Gasteiger partial charge in [0.15, 0.2) is 0 Å². The smallest absolute Gasteiger partial charge is 0.225 e. The van der Waals surface area contributed by atoms with Gasteiger partial charge in [0.25, 0.3) is 0 Å². The summed E-state index contributed by atoms with van der Waals surface area (Å²) in [5, 5.41) is 0. The van der Waals surface area contributed by atoms with Crippen LogP contribution in [0.2, 0.25) is 0 Å². The molecule has 0 saturated carbocycles. The van der Waals surface area contributed by atoms with Gasteiger partial charge >= 0.3 is 0 Å². The molecule has 0 bridgehead atoms. The van der Waals surface area contributed by atoms with Crippen LogP contribution in [0.15, 0.2) is 36.8 Å². The number of rotatable bonds is 9. The molecule has 0 aromatic carbocycles. The van der Waals surface area contributed by atoms with E-state index in [-0.39, 0.29) is 0 Å². The molecule has 0 radical (unpaired) electrons. The van der Waals surface area contributed by atoms with E-state index in [1.165, 1.54) is 5.56 Å². The zero-order valence-electron chi connectivity index (χ0n) is 18.7. The van der Waals surface area contributed by atoms with Crippen molar-refractivity contribution in [3.05, 3.63) is 48.0 Å². The second-order valence-electron chi connectivity index (χ2n) is 8.52. The Hall–Kier alpha value is -2.13. The van der Waals surface area contributed by atoms with Crippen LogP contribution < -0.4 is 4.90 Å². The topological polar surface area (TPSA) is 60.9 Å². The molecule has 168 valence electrons. The molecule has 4 heterocycles. The van der Waals surface area contributed by atoms with Crippen molar-refractivity contribution in [1.29, 1.82) is 0 Å². The van der Waals surface area contributed by atoms with Crippen LogP contribution in [0, 0.1) is 0 Å². The molecule has 31 heavy (non-hydrogen) atoms. The fraction of sp³-hybridized carbons (Fsp3) is 0.609. The molecule has 2 fully saturated rings. The minimum atomic E-state index is 0.821. The van der Waals surface area contributed by atoms with E-state index in [1.54, 1.807) is 0 Å². The Kier molecular flexibility index (Phi) is 8.17. The minimum absolute atomic E-state index is 0.821. The Morgan fingerprint density at radius 2 is 1.84 bits per heavy atom. The van der Waals surface area contributed by atoms with Crippen molar-refractivity contribution in [3.63, 3.8) is 0 Å². The first-order chi connectivity index (χ1) is 15.3. The second kappa shape index (κ2) is 11.5. The van der Waals surface area contributed by atoms with Crippen LogP contribution in [-0.4, -0.2) is 102 Å². The van der Waals surface area contributed by atoms with Gasteiger partial charge in [-0.15, -0.1) is 0 Å². The monoisotopic (exact) mass is 425 g/mol. The minimum Gasteiger partial charge on any atom is -0.379 e. The van der Waals surface area contributed by atoms with E-state index in [0.29, 0.717) is 0 Å². The number of hydrogen-bond donors (Lipinski definition) is 0. The summed E-state index contributed by atoms with van der Waals surface area (Å²) in [5.74, 6) is 0.861. The average molecular weight is 426 g/mol. The summed E-state index contributed by atoms with van der Waals surface area (Å²) in [5.41, 5.74) is 2.32. The molecule has 0 atom stereocenters. The maximum absolute atomic E-state index is 5.47. The quantitative estimate of drug-likeness (QED) is 0.597. The Balaban J connectivity index is 1.38. The summed E-state index contributed by atoms with van der Waals surface area (Å²) in [7, 11) is 2.17. The molecule has 2 aliphatic heterocycles. The van der Waals surface area contributed by atoms with Crippen LogP contribution in [-0.2, 0) is 17.8 Å². The van der Waals surface area contributed by atoms with Gasteiger partial charge in [-0.2, -0.15) is 0 Å². The Bertz CT molecular complexity index is 777. The lowest BCUT2D eigenvalue weighted by atomic mass is 10.2. The van der Waals surface area contributed by atoms with Crippen LogP contribution in [0.4, 0.5) is 5.95 Å². The fourth-order valence-electron chi connectivity index (χ4n) is 4.17. The second-order valence-corrected chi connectivity index (χ2v) is 8.52. The molecular weight excluding hydrogens is 390 g/mol. The van der Waals surface area contributed by atoms with Crippen molar-refractivity contribution in [2.75, 3.05) is 77.5 Å².